The summed E-state index contributed by atoms with van der Waals surface area (Å²) in [6.07, 6.45) is 0. The number of aromatic amines is 1. The zero-order chi connectivity index (χ0) is 16.7. The average molecular weight is 387 g/mol. The van der Waals surface area contributed by atoms with E-state index in [1.54, 1.807) is 30.3 Å². The highest BCUT2D eigenvalue weighted by atomic mass is 79.9. The summed E-state index contributed by atoms with van der Waals surface area (Å²) in [6, 6.07) is 12.1. The molecular formula is C17H11BrN2O4. The standard InChI is InChI=1S/C17H11BrN2O4/c18-10-1-3-13-9(5-10)6-12(17(22)20-13)16(21)19-11-2-4-14-15(7-11)24-8-23-14/h1-7H,8H2,(H,19,21)(H,20,22). The van der Waals surface area contributed by atoms with E-state index >= 15 is 0 Å². The highest BCUT2D eigenvalue weighted by Gasteiger charge is 2.16. The minimum Gasteiger partial charge on any atom is -0.454 e. The molecule has 2 heterocycles. The van der Waals surface area contributed by atoms with Crippen LogP contribution in [-0.4, -0.2) is 17.7 Å². The number of fused-ring (bicyclic) bond motifs is 2. The normalized spacial score (nSPS) is 12.4. The molecule has 2 aromatic carbocycles. The van der Waals surface area contributed by atoms with Crippen molar-refractivity contribution in [3.05, 3.63) is 62.9 Å². The first kappa shape index (κ1) is 14.8. The van der Waals surface area contributed by atoms with E-state index in [4.69, 9.17) is 9.47 Å². The first-order chi connectivity index (χ1) is 11.6. The first-order valence-corrected chi connectivity index (χ1v) is 7.93. The predicted octanol–water partition coefficient (Wildman–Crippen LogP) is 3.27. The number of pyridine rings is 1. The van der Waals surface area contributed by atoms with Crippen LogP contribution in [0, 0.1) is 0 Å². The minimum atomic E-state index is -0.489. The van der Waals surface area contributed by atoms with Crippen molar-refractivity contribution in [1.29, 1.82) is 0 Å². The summed E-state index contributed by atoms with van der Waals surface area (Å²) in [7, 11) is 0. The Kier molecular flexibility index (Phi) is 3.50. The monoisotopic (exact) mass is 386 g/mol. The van der Waals surface area contributed by atoms with Crippen LogP contribution in [0.25, 0.3) is 10.9 Å². The van der Waals surface area contributed by atoms with Crippen LogP contribution >= 0.6 is 15.9 Å². The minimum absolute atomic E-state index is 0.0401. The highest BCUT2D eigenvalue weighted by molar-refractivity contribution is 9.10. The molecule has 0 spiro atoms. The Bertz CT molecular complexity index is 1030. The molecule has 120 valence electrons. The van der Waals surface area contributed by atoms with E-state index in [-0.39, 0.29) is 12.4 Å². The van der Waals surface area contributed by atoms with Crippen LogP contribution in [0.4, 0.5) is 5.69 Å². The molecule has 1 aliphatic rings. The van der Waals surface area contributed by atoms with Crippen LogP contribution in [0.15, 0.2) is 51.7 Å². The van der Waals surface area contributed by atoms with Gasteiger partial charge in [0.15, 0.2) is 11.5 Å². The van der Waals surface area contributed by atoms with Crippen molar-refractivity contribution in [3.8, 4) is 11.5 Å². The molecule has 6 nitrogen and oxygen atoms in total. The van der Waals surface area contributed by atoms with Crippen molar-refractivity contribution in [1.82, 2.24) is 4.98 Å². The van der Waals surface area contributed by atoms with E-state index in [1.807, 2.05) is 12.1 Å². The van der Waals surface area contributed by atoms with E-state index in [1.165, 1.54) is 0 Å². The number of halogens is 1. The summed E-state index contributed by atoms with van der Waals surface area (Å²) in [5.74, 6) is 0.697. The van der Waals surface area contributed by atoms with Crippen LogP contribution in [0.1, 0.15) is 10.4 Å². The van der Waals surface area contributed by atoms with Gasteiger partial charge in [-0.05, 0) is 36.4 Å². The molecule has 0 atom stereocenters. The summed E-state index contributed by atoms with van der Waals surface area (Å²) in [4.78, 5) is 27.3. The van der Waals surface area contributed by atoms with Crippen LogP contribution in [0.2, 0.25) is 0 Å². The summed E-state index contributed by atoms with van der Waals surface area (Å²) < 4.78 is 11.4. The Morgan fingerprint density at radius 2 is 1.92 bits per heavy atom. The van der Waals surface area contributed by atoms with Crippen molar-refractivity contribution >= 4 is 38.4 Å². The molecule has 24 heavy (non-hydrogen) atoms. The molecule has 3 aromatic rings. The molecule has 1 aromatic heterocycles. The van der Waals surface area contributed by atoms with Gasteiger partial charge in [0, 0.05) is 27.1 Å². The van der Waals surface area contributed by atoms with E-state index in [0.717, 1.165) is 9.86 Å². The number of H-pyrrole nitrogens is 1. The fourth-order valence-electron chi connectivity index (χ4n) is 2.52. The molecular weight excluding hydrogens is 376 g/mol. The molecule has 0 bridgehead atoms. The van der Waals surface area contributed by atoms with Crippen molar-refractivity contribution in [2.45, 2.75) is 0 Å². The third-order valence-electron chi connectivity index (χ3n) is 3.68. The lowest BCUT2D eigenvalue weighted by Crippen LogP contribution is -2.23. The van der Waals surface area contributed by atoms with Gasteiger partial charge >= 0.3 is 0 Å². The molecule has 0 saturated heterocycles. The van der Waals surface area contributed by atoms with Crippen LogP contribution in [0.3, 0.4) is 0 Å². The van der Waals surface area contributed by atoms with Gasteiger partial charge in [0.05, 0.1) is 0 Å². The number of ether oxygens (including phenoxy) is 2. The number of hydrogen-bond acceptors (Lipinski definition) is 4. The second-order valence-electron chi connectivity index (χ2n) is 5.27. The molecule has 2 N–H and O–H groups in total. The topological polar surface area (TPSA) is 80.4 Å². The third kappa shape index (κ3) is 2.63. The molecule has 1 amide bonds. The molecule has 0 fully saturated rings. The Labute approximate surface area is 144 Å². The van der Waals surface area contributed by atoms with Crippen molar-refractivity contribution < 1.29 is 14.3 Å². The van der Waals surface area contributed by atoms with Gasteiger partial charge in [-0.3, -0.25) is 9.59 Å². The van der Waals surface area contributed by atoms with Crippen LogP contribution < -0.4 is 20.3 Å². The maximum absolute atomic E-state index is 12.4. The number of hydrogen-bond donors (Lipinski definition) is 2. The number of benzene rings is 2. The lowest BCUT2D eigenvalue weighted by Gasteiger charge is -2.07. The summed E-state index contributed by atoms with van der Waals surface area (Å²) in [5, 5.41) is 3.47. The molecule has 0 unspecified atom stereocenters. The Morgan fingerprint density at radius 3 is 2.79 bits per heavy atom. The van der Waals surface area contributed by atoms with Crippen molar-refractivity contribution in [3.63, 3.8) is 0 Å². The number of carbonyl (C=O) groups excluding carboxylic acids is 1. The number of rotatable bonds is 2. The van der Waals surface area contributed by atoms with Crippen LogP contribution in [-0.2, 0) is 0 Å². The van der Waals surface area contributed by atoms with E-state index < -0.39 is 11.5 Å². The SMILES string of the molecule is O=C(Nc1ccc2c(c1)OCO2)c1cc2cc(Br)ccc2[nH]c1=O. The number of nitrogens with one attached hydrogen (secondary N) is 2. The van der Waals surface area contributed by atoms with Gasteiger partial charge in [-0.1, -0.05) is 15.9 Å². The van der Waals surface area contributed by atoms with Gasteiger partial charge in [0.1, 0.15) is 5.56 Å². The molecule has 1 aliphatic heterocycles. The Morgan fingerprint density at radius 1 is 1.08 bits per heavy atom. The van der Waals surface area contributed by atoms with Gasteiger partial charge < -0.3 is 19.8 Å². The maximum atomic E-state index is 12.4. The number of anilines is 1. The molecule has 0 saturated carbocycles. The van der Waals surface area contributed by atoms with Crippen molar-refractivity contribution in [2.24, 2.45) is 0 Å². The summed E-state index contributed by atoms with van der Waals surface area (Å²) in [5.41, 5.74) is 0.794. The number of amides is 1. The lowest BCUT2D eigenvalue weighted by molar-refractivity contribution is 0.102. The fraction of sp³-hybridized carbons (Fsp3) is 0.0588. The largest absolute Gasteiger partial charge is 0.454 e. The van der Waals surface area contributed by atoms with Gasteiger partial charge in [-0.2, -0.15) is 0 Å². The first-order valence-electron chi connectivity index (χ1n) is 7.14. The van der Waals surface area contributed by atoms with Crippen LogP contribution in [0.5, 0.6) is 11.5 Å². The second-order valence-corrected chi connectivity index (χ2v) is 6.18. The van der Waals surface area contributed by atoms with Gasteiger partial charge in [0.2, 0.25) is 6.79 Å². The van der Waals surface area contributed by atoms with Crippen molar-refractivity contribution in [2.75, 3.05) is 12.1 Å². The average Bonchev–Trinajstić information content (AvgIpc) is 3.02. The smallest absolute Gasteiger partial charge is 0.261 e. The number of aromatic nitrogens is 1. The zero-order valence-electron chi connectivity index (χ0n) is 12.3. The predicted molar refractivity (Wildman–Crippen MR) is 92.8 cm³/mol. The maximum Gasteiger partial charge on any atom is 0.261 e. The quantitative estimate of drug-likeness (QED) is 0.708. The molecule has 7 heteroatoms. The molecule has 4 rings (SSSR count). The number of carbonyl (C=O) groups is 1. The third-order valence-corrected chi connectivity index (χ3v) is 4.17. The second kappa shape index (κ2) is 5.68. The lowest BCUT2D eigenvalue weighted by atomic mass is 10.1. The summed E-state index contributed by atoms with van der Waals surface area (Å²) >= 11 is 3.38. The summed E-state index contributed by atoms with van der Waals surface area (Å²) in [6.45, 7) is 0.159. The van der Waals surface area contributed by atoms with Gasteiger partial charge in [-0.25, -0.2) is 0 Å². The Hall–Kier alpha value is -2.80. The molecule has 0 aliphatic carbocycles. The Balaban J connectivity index is 1.68. The van der Waals surface area contributed by atoms with E-state index in [0.29, 0.717) is 22.7 Å². The van der Waals surface area contributed by atoms with Gasteiger partial charge in [0.25, 0.3) is 11.5 Å². The van der Waals surface area contributed by atoms with E-state index in [9.17, 15) is 9.59 Å². The zero-order valence-corrected chi connectivity index (χ0v) is 13.8. The fourth-order valence-corrected chi connectivity index (χ4v) is 2.90. The van der Waals surface area contributed by atoms with E-state index in [2.05, 4.69) is 26.2 Å². The molecule has 0 radical (unpaired) electrons. The van der Waals surface area contributed by atoms with Gasteiger partial charge in [-0.15, -0.1) is 0 Å². The highest BCUT2D eigenvalue weighted by Crippen LogP contribution is 2.34.